The predicted molar refractivity (Wildman–Crippen MR) is 69.9 cm³/mol. The minimum Gasteiger partial charge on any atom is -0.465 e. The van der Waals surface area contributed by atoms with Crippen molar-refractivity contribution in [1.29, 1.82) is 0 Å². The van der Waals surface area contributed by atoms with Crippen molar-refractivity contribution in [3.8, 4) is 0 Å². The van der Waals surface area contributed by atoms with Crippen molar-refractivity contribution >= 4 is 5.97 Å². The first-order valence-corrected chi connectivity index (χ1v) is 6.68. The molecule has 5 nitrogen and oxygen atoms in total. The van der Waals surface area contributed by atoms with Crippen LogP contribution in [0.4, 0.5) is 0 Å². The summed E-state index contributed by atoms with van der Waals surface area (Å²) in [4.78, 5) is 13.7. The molecule has 1 aliphatic heterocycles. The summed E-state index contributed by atoms with van der Waals surface area (Å²) >= 11 is 0. The highest BCUT2D eigenvalue weighted by Crippen LogP contribution is 2.22. The molecule has 1 atom stereocenters. The number of hydrogen-bond donors (Lipinski definition) is 1. The van der Waals surface area contributed by atoms with Crippen LogP contribution in [0, 0.1) is 6.92 Å². The Hall–Kier alpha value is -1.33. The molecule has 1 N–H and O–H groups in total. The van der Waals surface area contributed by atoms with E-state index in [1.165, 1.54) is 7.11 Å². The molecular weight excluding hydrogens is 246 g/mol. The lowest BCUT2D eigenvalue weighted by Gasteiger charge is -2.33. The second-order valence-electron chi connectivity index (χ2n) is 4.98. The molecule has 1 saturated heterocycles. The van der Waals surface area contributed by atoms with Crippen LogP contribution < -0.4 is 0 Å². The summed E-state index contributed by atoms with van der Waals surface area (Å²) < 4.78 is 10.3. The summed E-state index contributed by atoms with van der Waals surface area (Å²) in [5, 5.41) is 9.38. The summed E-state index contributed by atoms with van der Waals surface area (Å²) in [5.41, 5.74) is 0.482. The highest BCUT2D eigenvalue weighted by molar-refractivity contribution is 5.90. The Morgan fingerprint density at radius 3 is 3.05 bits per heavy atom. The second kappa shape index (κ2) is 6.21. The molecule has 2 heterocycles. The average Bonchev–Trinajstić information content (AvgIpc) is 2.79. The number of piperidine rings is 1. The van der Waals surface area contributed by atoms with Crippen LogP contribution >= 0.6 is 0 Å². The molecule has 0 saturated carbocycles. The van der Waals surface area contributed by atoms with Crippen molar-refractivity contribution in [2.24, 2.45) is 0 Å². The van der Waals surface area contributed by atoms with Crippen molar-refractivity contribution in [3.63, 3.8) is 0 Å². The van der Waals surface area contributed by atoms with Gasteiger partial charge >= 0.3 is 5.97 Å². The van der Waals surface area contributed by atoms with E-state index in [1.54, 1.807) is 13.0 Å². The van der Waals surface area contributed by atoms with Crippen LogP contribution in [0.1, 0.15) is 41.1 Å². The first-order valence-electron chi connectivity index (χ1n) is 6.68. The highest BCUT2D eigenvalue weighted by atomic mass is 16.5. The van der Waals surface area contributed by atoms with Gasteiger partial charge in [-0.2, -0.15) is 0 Å². The lowest BCUT2D eigenvalue weighted by atomic mass is 10.0. The van der Waals surface area contributed by atoms with Gasteiger partial charge in [0.25, 0.3) is 0 Å². The second-order valence-corrected chi connectivity index (χ2v) is 4.98. The summed E-state index contributed by atoms with van der Waals surface area (Å²) in [6.45, 7) is 3.51. The van der Waals surface area contributed by atoms with E-state index in [1.807, 2.05) is 0 Å². The first-order chi connectivity index (χ1) is 9.15. The molecule has 1 aromatic heterocycles. The molecule has 0 bridgehead atoms. The van der Waals surface area contributed by atoms with Gasteiger partial charge in [0.05, 0.1) is 20.3 Å². The zero-order valence-electron chi connectivity index (χ0n) is 11.5. The maximum absolute atomic E-state index is 11.5. The fourth-order valence-electron chi connectivity index (χ4n) is 2.61. The predicted octanol–water partition coefficient (Wildman–Crippen LogP) is 1.72. The molecule has 1 fully saturated rings. The van der Waals surface area contributed by atoms with Gasteiger partial charge in [-0.3, -0.25) is 4.90 Å². The summed E-state index contributed by atoms with van der Waals surface area (Å²) in [5.74, 6) is 0.961. The molecule has 1 unspecified atom stereocenters. The zero-order chi connectivity index (χ0) is 13.8. The van der Waals surface area contributed by atoms with Gasteiger partial charge in [0, 0.05) is 6.04 Å². The number of rotatable bonds is 4. The van der Waals surface area contributed by atoms with Gasteiger partial charge in [-0.25, -0.2) is 4.79 Å². The highest BCUT2D eigenvalue weighted by Gasteiger charge is 2.24. The molecule has 0 spiro atoms. The van der Waals surface area contributed by atoms with Crippen LogP contribution in [0.25, 0.3) is 0 Å². The number of ether oxygens (including phenoxy) is 1. The fraction of sp³-hybridized carbons (Fsp3) is 0.643. The van der Waals surface area contributed by atoms with Crippen molar-refractivity contribution in [1.82, 2.24) is 4.90 Å². The molecule has 5 heteroatoms. The van der Waals surface area contributed by atoms with Crippen LogP contribution in [0.15, 0.2) is 10.5 Å². The maximum atomic E-state index is 11.5. The third-order valence-electron chi connectivity index (χ3n) is 3.69. The Morgan fingerprint density at radius 2 is 2.37 bits per heavy atom. The van der Waals surface area contributed by atoms with Crippen molar-refractivity contribution in [2.45, 2.75) is 38.8 Å². The van der Waals surface area contributed by atoms with E-state index >= 15 is 0 Å². The van der Waals surface area contributed by atoms with Gasteiger partial charge in [-0.1, -0.05) is 6.42 Å². The van der Waals surface area contributed by atoms with Crippen LogP contribution in [0.3, 0.4) is 0 Å². The van der Waals surface area contributed by atoms with Gasteiger partial charge < -0.3 is 14.3 Å². The third-order valence-corrected chi connectivity index (χ3v) is 3.69. The maximum Gasteiger partial charge on any atom is 0.341 e. The normalized spacial score (nSPS) is 20.5. The van der Waals surface area contributed by atoms with Gasteiger partial charge in [0.1, 0.15) is 17.1 Å². The number of aliphatic hydroxyl groups excluding tert-OH is 1. The molecule has 0 aliphatic carbocycles. The van der Waals surface area contributed by atoms with Crippen molar-refractivity contribution in [3.05, 3.63) is 23.2 Å². The molecule has 106 valence electrons. The smallest absolute Gasteiger partial charge is 0.341 e. The number of carbonyl (C=O) groups excluding carboxylic acids is 1. The zero-order valence-corrected chi connectivity index (χ0v) is 11.5. The van der Waals surface area contributed by atoms with Gasteiger partial charge in [-0.05, 0) is 32.4 Å². The first kappa shape index (κ1) is 14.1. The van der Waals surface area contributed by atoms with E-state index in [-0.39, 0.29) is 18.6 Å². The van der Waals surface area contributed by atoms with Gasteiger partial charge in [0.15, 0.2) is 0 Å². The van der Waals surface area contributed by atoms with E-state index in [9.17, 15) is 9.90 Å². The molecule has 2 rings (SSSR count). The number of carbonyl (C=O) groups is 1. The van der Waals surface area contributed by atoms with Crippen molar-refractivity contribution < 1.29 is 19.1 Å². The molecule has 0 amide bonds. The van der Waals surface area contributed by atoms with Crippen LogP contribution in [-0.4, -0.2) is 42.3 Å². The quantitative estimate of drug-likeness (QED) is 0.842. The molecule has 19 heavy (non-hydrogen) atoms. The number of hydrogen-bond acceptors (Lipinski definition) is 5. The molecule has 1 aliphatic rings. The Labute approximate surface area is 113 Å². The number of likely N-dealkylation sites (tertiary alicyclic amines) is 1. The minimum atomic E-state index is -0.371. The van der Waals surface area contributed by atoms with Crippen LogP contribution in [0.2, 0.25) is 0 Å². The number of aliphatic hydroxyl groups is 1. The SMILES string of the molecule is COC(=O)c1cc(CN2CCCCC2CO)oc1C. The largest absolute Gasteiger partial charge is 0.465 e. The molecule has 0 aromatic carbocycles. The Morgan fingerprint density at radius 1 is 1.58 bits per heavy atom. The number of methoxy groups -OCH3 is 1. The number of esters is 1. The molecule has 0 radical (unpaired) electrons. The lowest BCUT2D eigenvalue weighted by molar-refractivity contribution is 0.0599. The van der Waals surface area contributed by atoms with Crippen molar-refractivity contribution in [2.75, 3.05) is 20.3 Å². The number of aryl methyl sites for hydroxylation is 1. The summed E-state index contributed by atoms with van der Waals surface area (Å²) in [6, 6.07) is 1.94. The van der Waals surface area contributed by atoms with E-state index < -0.39 is 0 Å². The van der Waals surface area contributed by atoms with E-state index in [2.05, 4.69) is 4.90 Å². The third kappa shape index (κ3) is 3.16. The summed E-state index contributed by atoms with van der Waals surface area (Å²) in [7, 11) is 1.36. The standard InChI is InChI=1S/C14H21NO4/c1-10-13(14(17)18-2)7-12(19-10)8-15-6-4-3-5-11(15)9-16/h7,11,16H,3-6,8-9H2,1-2H3. The molecule has 1 aromatic rings. The van der Waals surface area contributed by atoms with Gasteiger partial charge in [0.2, 0.25) is 0 Å². The van der Waals surface area contributed by atoms with E-state index in [0.29, 0.717) is 17.9 Å². The Kier molecular flexibility index (Phi) is 4.61. The number of furan rings is 1. The van der Waals surface area contributed by atoms with E-state index in [0.717, 1.165) is 31.6 Å². The van der Waals surface area contributed by atoms with Gasteiger partial charge in [-0.15, -0.1) is 0 Å². The van der Waals surface area contributed by atoms with E-state index in [4.69, 9.17) is 9.15 Å². The summed E-state index contributed by atoms with van der Waals surface area (Å²) in [6.07, 6.45) is 3.31. The average molecular weight is 267 g/mol. The number of nitrogens with zero attached hydrogens (tertiary/aromatic N) is 1. The monoisotopic (exact) mass is 267 g/mol. The fourth-order valence-corrected chi connectivity index (χ4v) is 2.61. The molecular formula is C14H21NO4. The van der Waals surface area contributed by atoms with Crippen LogP contribution in [-0.2, 0) is 11.3 Å². The Balaban J connectivity index is 2.08. The minimum absolute atomic E-state index is 0.170. The topological polar surface area (TPSA) is 62.9 Å². The van der Waals surface area contributed by atoms with Crippen LogP contribution in [0.5, 0.6) is 0 Å². The lowest BCUT2D eigenvalue weighted by Crippen LogP contribution is -2.41. The Bertz CT molecular complexity index is 441.